The van der Waals surface area contributed by atoms with Crippen LogP contribution in [-0.2, 0) is 19.1 Å². The molecule has 1 saturated heterocycles. The number of hydrogen-bond acceptors (Lipinski definition) is 5. The number of hydrogen-bond donors (Lipinski definition) is 1. The number of anilines is 1. The van der Waals surface area contributed by atoms with Crippen molar-refractivity contribution in [2.45, 2.75) is 38.9 Å². The van der Waals surface area contributed by atoms with Gasteiger partial charge in [0.05, 0.1) is 0 Å². The minimum Gasteiger partial charge on any atom is -0.451 e. The molecule has 0 bridgehead atoms. The lowest BCUT2D eigenvalue weighted by molar-refractivity contribution is -0.162. The third kappa shape index (κ3) is 4.14. The van der Waals surface area contributed by atoms with E-state index in [0.29, 0.717) is 24.3 Å². The zero-order valence-electron chi connectivity index (χ0n) is 12.6. The summed E-state index contributed by atoms with van der Waals surface area (Å²) in [5.41, 5.74) is 0.986. The van der Waals surface area contributed by atoms with Crippen molar-refractivity contribution >= 4 is 23.3 Å². The Morgan fingerprint density at radius 2 is 2.14 bits per heavy atom. The Bertz CT molecular complexity index is 578. The van der Waals surface area contributed by atoms with Gasteiger partial charge in [0.15, 0.2) is 18.0 Å². The third-order valence-electron chi connectivity index (χ3n) is 3.39. The summed E-state index contributed by atoms with van der Waals surface area (Å²) < 4.78 is 10.3. The van der Waals surface area contributed by atoms with Crippen molar-refractivity contribution in [3.8, 4) is 0 Å². The topological polar surface area (TPSA) is 81.7 Å². The molecule has 1 aromatic carbocycles. The third-order valence-corrected chi connectivity index (χ3v) is 3.39. The van der Waals surface area contributed by atoms with Gasteiger partial charge in [-0.25, -0.2) is 4.79 Å². The molecule has 0 saturated carbocycles. The second-order valence-electron chi connectivity index (χ2n) is 5.21. The molecule has 0 aliphatic carbocycles. The summed E-state index contributed by atoms with van der Waals surface area (Å²) in [6, 6.07) is 6.59. The molecule has 1 aliphatic rings. The Balaban J connectivity index is 1.92. The van der Waals surface area contributed by atoms with Crippen molar-refractivity contribution in [1.29, 1.82) is 0 Å². The summed E-state index contributed by atoms with van der Waals surface area (Å²) in [6.45, 7) is 3.49. The number of ether oxygens (including phenoxy) is 2. The number of ketones is 1. The van der Waals surface area contributed by atoms with Crippen LogP contribution in [0.2, 0.25) is 0 Å². The van der Waals surface area contributed by atoms with E-state index in [4.69, 9.17) is 9.47 Å². The van der Waals surface area contributed by atoms with E-state index < -0.39 is 24.1 Å². The number of rotatable bonds is 5. The van der Waals surface area contributed by atoms with Crippen LogP contribution >= 0.6 is 0 Å². The number of benzene rings is 1. The SMILES string of the molecule is CC(=O)c1cccc(NC(=O)[C@H](C)OC(=O)[C@@H]2CCCO2)c1. The Morgan fingerprint density at radius 3 is 2.77 bits per heavy atom. The lowest BCUT2D eigenvalue weighted by Crippen LogP contribution is -2.34. The molecular formula is C16H19NO5. The molecule has 0 aromatic heterocycles. The summed E-state index contributed by atoms with van der Waals surface area (Å²) in [5.74, 6) is -1.06. The fourth-order valence-corrected chi connectivity index (χ4v) is 2.13. The molecule has 22 heavy (non-hydrogen) atoms. The smallest absolute Gasteiger partial charge is 0.336 e. The number of esters is 1. The highest BCUT2D eigenvalue weighted by Crippen LogP contribution is 2.15. The van der Waals surface area contributed by atoms with Crippen LogP contribution in [-0.4, -0.2) is 36.5 Å². The molecule has 118 valence electrons. The zero-order valence-corrected chi connectivity index (χ0v) is 12.6. The van der Waals surface area contributed by atoms with Crippen LogP contribution in [0.25, 0.3) is 0 Å². The van der Waals surface area contributed by atoms with Gasteiger partial charge >= 0.3 is 5.97 Å². The molecule has 6 nitrogen and oxygen atoms in total. The van der Waals surface area contributed by atoms with Crippen LogP contribution in [0.5, 0.6) is 0 Å². The number of amides is 1. The first-order valence-electron chi connectivity index (χ1n) is 7.21. The summed E-state index contributed by atoms with van der Waals surface area (Å²) in [7, 11) is 0. The monoisotopic (exact) mass is 305 g/mol. The lowest BCUT2D eigenvalue weighted by atomic mass is 10.1. The molecule has 0 spiro atoms. The van der Waals surface area contributed by atoms with Crippen molar-refractivity contribution in [2.75, 3.05) is 11.9 Å². The zero-order chi connectivity index (χ0) is 16.1. The number of Topliss-reactive ketones (excluding diaryl/α,β-unsaturated/α-hetero) is 1. The van der Waals surface area contributed by atoms with Crippen molar-refractivity contribution in [3.05, 3.63) is 29.8 Å². The van der Waals surface area contributed by atoms with E-state index in [-0.39, 0.29) is 5.78 Å². The van der Waals surface area contributed by atoms with Crippen molar-refractivity contribution in [2.24, 2.45) is 0 Å². The highest BCUT2D eigenvalue weighted by Gasteiger charge is 2.28. The molecule has 1 amide bonds. The molecule has 6 heteroatoms. The quantitative estimate of drug-likeness (QED) is 0.664. The largest absolute Gasteiger partial charge is 0.451 e. The first-order chi connectivity index (χ1) is 10.5. The average molecular weight is 305 g/mol. The summed E-state index contributed by atoms with van der Waals surface area (Å²) >= 11 is 0. The van der Waals surface area contributed by atoms with Crippen LogP contribution in [0.1, 0.15) is 37.0 Å². The maximum Gasteiger partial charge on any atom is 0.336 e. The van der Waals surface area contributed by atoms with Gasteiger partial charge in [-0.05, 0) is 38.8 Å². The van der Waals surface area contributed by atoms with E-state index in [1.54, 1.807) is 24.3 Å². The van der Waals surface area contributed by atoms with E-state index in [0.717, 1.165) is 6.42 Å². The van der Waals surface area contributed by atoms with Crippen LogP contribution in [0.15, 0.2) is 24.3 Å². The summed E-state index contributed by atoms with van der Waals surface area (Å²) in [6.07, 6.45) is -0.0691. The highest BCUT2D eigenvalue weighted by atomic mass is 16.6. The first kappa shape index (κ1) is 16.2. The minimum absolute atomic E-state index is 0.0889. The molecule has 1 fully saturated rings. The molecule has 0 unspecified atom stereocenters. The second kappa shape index (κ2) is 7.17. The summed E-state index contributed by atoms with van der Waals surface area (Å²) in [4.78, 5) is 35.1. The fraction of sp³-hybridized carbons (Fsp3) is 0.438. The Labute approximate surface area is 128 Å². The molecule has 2 rings (SSSR count). The molecule has 0 radical (unpaired) electrons. The van der Waals surface area contributed by atoms with E-state index in [1.807, 2.05) is 0 Å². The maximum atomic E-state index is 12.0. The normalized spacial score (nSPS) is 18.5. The highest BCUT2D eigenvalue weighted by molar-refractivity contribution is 5.98. The molecule has 1 aliphatic heterocycles. The van der Waals surface area contributed by atoms with Gasteiger partial charge in [0, 0.05) is 17.9 Å². The Kier molecular flexibility index (Phi) is 5.27. The van der Waals surface area contributed by atoms with E-state index >= 15 is 0 Å². The van der Waals surface area contributed by atoms with Gasteiger partial charge in [-0.3, -0.25) is 9.59 Å². The Hall–Kier alpha value is -2.21. The van der Waals surface area contributed by atoms with E-state index in [2.05, 4.69) is 5.32 Å². The molecule has 2 atom stereocenters. The standard InChI is InChI=1S/C16H19NO5/c1-10(18)12-5-3-6-13(9-12)17-15(19)11(2)22-16(20)14-7-4-8-21-14/h3,5-6,9,11,14H,4,7-8H2,1-2H3,(H,17,19)/t11-,14-/m0/s1. The van der Waals surface area contributed by atoms with Gasteiger partial charge in [-0.2, -0.15) is 0 Å². The first-order valence-corrected chi connectivity index (χ1v) is 7.21. The molecule has 1 heterocycles. The van der Waals surface area contributed by atoms with Gasteiger partial charge in [0.25, 0.3) is 5.91 Å². The number of carbonyl (C=O) groups is 3. The lowest BCUT2D eigenvalue weighted by Gasteiger charge is -2.16. The van der Waals surface area contributed by atoms with Gasteiger partial charge < -0.3 is 14.8 Å². The maximum absolute atomic E-state index is 12.0. The van der Waals surface area contributed by atoms with Crippen molar-refractivity contribution in [3.63, 3.8) is 0 Å². The van der Waals surface area contributed by atoms with Gasteiger partial charge in [0.1, 0.15) is 0 Å². The molecular weight excluding hydrogens is 286 g/mol. The Morgan fingerprint density at radius 1 is 1.36 bits per heavy atom. The van der Waals surface area contributed by atoms with Crippen molar-refractivity contribution < 1.29 is 23.9 Å². The predicted octanol–water partition coefficient (Wildman–Crippen LogP) is 1.94. The van der Waals surface area contributed by atoms with Crippen molar-refractivity contribution in [1.82, 2.24) is 0 Å². The minimum atomic E-state index is -0.933. The number of nitrogens with one attached hydrogen (secondary N) is 1. The number of carbonyl (C=O) groups excluding carboxylic acids is 3. The van der Waals surface area contributed by atoms with Crippen LogP contribution in [0.4, 0.5) is 5.69 Å². The van der Waals surface area contributed by atoms with Crippen LogP contribution in [0, 0.1) is 0 Å². The summed E-state index contributed by atoms with van der Waals surface area (Å²) in [5, 5.41) is 2.62. The van der Waals surface area contributed by atoms with E-state index in [1.165, 1.54) is 13.8 Å². The average Bonchev–Trinajstić information content (AvgIpc) is 3.01. The van der Waals surface area contributed by atoms with Crippen LogP contribution in [0.3, 0.4) is 0 Å². The molecule has 1 N–H and O–H groups in total. The van der Waals surface area contributed by atoms with Gasteiger partial charge in [-0.15, -0.1) is 0 Å². The van der Waals surface area contributed by atoms with Crippen LogP contribution < -0.4 is 5.32 Å². The fourth-order valence-electron chi connectivity index (χ4n) is 2.13. The van der Waals surface area contributed by atoms with Gasteiger partial charge in [-0.1, -0.05) is 12.1 Å². The molecule has 1 aromatic rings. The van der Waals surface area contributed by atoms with Gasteiger partial charge in [0.2, 0.25) is 0 Å². The predicted molar refractivity (Wildman–Crippen MR) is 79.6 cm³/mol. The van der Waals surface area contributed by atoms with E-state index in [9.17, 15) is 14.4 Å². The second-order valence-corrected chi connectivity index (χ2v) is 5.21.